The monoisotopic (exact) mass is 367 g/mol. The molecule has 142 valence electrons. The minimum absolute atomic E-state index is 0.0296. The molecule has 2 N–H and O–H groups in total. The van der Waals surface area contributed by atoms with Crippen LogP contribution in [-0.4, -0.2) is 54.9 Å². The number of rotatable bonds is 5. The highest BCUT2D eigenvalue weighted by Crippen LogP contribution is 2.17. The summed E-state index contributed by atoms with van der Waals surface area (Å²) in [5, 5.41) is 0. The van der Waals surface area contributed by atoms with Crippen molar-refractivity contribution in [2.75, 3.05) is 39.0 Å². The van der Waals surface area contributed by atoms with E-state index in [0.29, 0.717) is 50.3 Å². The van der Waals surface area contributed by atoms with Crippen LogP contribution in [0.2, 0.25) is 0 Å². The van der Waals surface area contributed by atoms with E-state index in [0.717, 1.165) is 11.3 Å². The van der Waals surface area contributed by atoms with Gasteiger partial charge >= 0.3 is 0 Å². The van der Waals surface area contributed by atoms with Gasteiger partial charge in [0.05, 0.1) is 7.11 Å². The molecule has 0 aliphatic carbocycles. The third-order valence-corrected chi connectivity index (χ3v) is 4.90. The first-order valence-electron chi connectivity index (χ1n) is 9.13. The second-order valence-electron chi connectivity index (χ2n) is 6.60. The van der Waals surface area contributed by atoms with E-state index >= 15 is 0 Å². The number of anilines is 1. The van der Waals surface area contributed by atoms with E-state index in [1.54, 1.807) is 30.2 Å². The van der Waals surface area contributed by atoms with Gasteiger partial charge in [-0.2, -0.15) is 0 Å². The lowest BCUT2D eigenvalue weighted by atomic mass is 10.1. The molecule has 1 aliphatic rings. The van der Waals surface area contributed by atoms with Crippen LogP contribution in [0.5, 0.6) is 5.75 Å². The molecule has 0 bridgehead atoms. The molecule has 27 heavy (non-hydrogen) atoms. The molecule has 2 aromatic carbocycles. The molecule has 0 atom stereocenters. The Balaban J connectivity index is 1.51. The van der Waals surface area contributed by atoms with Gasteiger partial charge in [0.15, 0.2) is 0 Å². The molecule has 6 nitrogen and oxygen atoms in total. The fourth-order valence-electron chi connectivity index (χ4n) is 3.26. The number of carbonyl (C=O) groups excluding carboxylic acids is 2. The third-order valence-electron chi connectivity index (χ3n) is 4.90. The van der Waals surface area contributed by atoms with Crippen LogP contribution in [0.15, 0.2) is 48.5 Å². The van der Waals surface area contributed by atoms with Crippen molar-refractivity contribution < 1.29 is 14.3 Å². The molecule has 0 spiro atoms. The predicted molar refractivity (Wildman–Crippen MR) is 105 cm³/mol. The molecule has 0 aromatic heterocycles. The molecule has 2 amide bonds. The highest BCUT2D eigenvalue weighted by molar-refractivity contribution is 5.94. The summed E-state index contributed by atoms with van der Waals surface area (Å²) in [6.07, 6.45) is 1.06. The maximum absolute atomic E-state index is 12.6. The quantitative estimate of drug-likeness (QED) is 0.822. The zero-order valence-corrected chi connectivity index (χ0v) is 15.6. The summed E-state index contributed by atoms with van der Waals surface area (Å²) in [5.74, 6) is 0.736. The number of nitrogens with two attached hydrogens (primary N) is 1. The van der Waals surface area contributed by atoms with Gasteiger partial charge in [-0.25, -0.2) is 0 Å². The molecule has 1 heterocycles. The molecular weight excluding hydrogens is 342 g/mol. The summed E-state index contributed by atoms with van der Waals surface area (Å²) in [4.78, 5) is 28.7. The predicted octanol–water partition coefficient (Wildman–Crippen LogP) is 2.19. The lowest BCUT2D eigenvalue weighted by molar-refractivity contribution is -0.132. The summed E-state index contributed by atoms with van der Waals surface area (Å²) in [6.45, 7) is 2.18. The van der Waals surface area contributed by atoms with Gasteiger partial charge < -0.3 is 20.3 Å². The first-order valence-corrected chi connectivity index (χ1v) is 9.13. The Morgan fingerprint density at radius 1 is 1.00 bits per heavy atom. The molecule has 0 saturated carbocycles. The molecule has 0 radical (unpaired) electrons. The molecule has 0 unspecified atom stereocenters. The topological polar surface area (TPSA) is 75.9 Å². The number of hydrogen-bond acceptors (Lipinski definition) is 4. The Morgan fingerprint density at radius 2 is 1.70 bits per heavy atom. The molecule has 2 aromatic rings. The van der Waals surface area contributed by atoms with Crippen molar-refractivity contribution in [1.82, 2.24) is 9.80 Å². The highest BCUT2D eigenvalue weighted by atomic mass is 16.5. The van der Waals surface area contributed by atoms with E-state index < -0.39 is 0 Å². The van der Waals surface area contributed by atoms with Gasteiger partial charge in [0, 0.05) is 43.9 Å². The van der Waals surface area contributed by atoms with Gasteiger partial charge in [0.1, 0.15) is 5.75 Å². The van der Waals surface area contributed by atoms with Crippen molar-refractivity contribution in [2.45, 2.75) is 12.8 Å². The van der Waals surface area contributed by atoms with Crippen molar-refractivity contribution >= 4 is 17.5 Å². The van der Waals surface area contributed by atoms with E-state index in [2.05, 4.69) is 0 Å². The van der Waals surface area contributed by atoms with Crippen molar-refractivity contribution in [2.24, 2.45) is 0 Å². The number of nitrogens with zero attached hydrogens (tertiary/aromatic N) is 2. The number of carbonyl (C=O) groups is 2. The number of para-hydroxylation sites is 1. The van der Waals surface area contributed by atoms with Crippen LogP contribution in [0.3, 0.4) is 0 Å². The fourth-order valence-corrected chi connectivity index (χ4v) is 3.26. The summed E-state index contributed by atoms with van der Waals surface area (Å²) in [7, 11) is 1.58. The summed E-state index contributed by atoms with van der Waals surface area (Å²) in [6, 6.07) is 14.8. The Hall–Kier alpha value is -3.02. The number of hydrogen-bond donors (Lipinski definition) is 1. The Kier molecular flexibility index (Phi) is 5.96. The van der Waals surface area contributed by atoms with Crippen LogP contribution in [0.4, 0.5) is 5.69 Å². The fraction of sp³-hybridized carbons (Fsp3) is 0.333. The van der Waals surface area contributed by atoms with Crippen molar-refractivity contribution in [3.8, 4) is 5.75 Å². The largest absolute Gasteiger partial charge is 0.497 e. The summed E-state index contributed by atoms with van der Waals surface area (Å²) < 4.78 is 5.18. The Bertz CT molecular complexity index is 814. The van der Waals surface area contributed by atoms with Crippen LogP contribution >= 0.6 is 0 Å². The second-order valence-corrected chi connectivity index (χ2v) is 6.60. The van der Waals surface area contributed by atoms with Crippen molar-refractivity contribution in [3.63, 3.8) is 0 Å². The van der Waals surface area contributed by atoms with Crippen LogP contribution in [0.25, 0.3) is 0 Å². The lowest BCUT2D eigenvalue weighted by Gasteiger charge is -2.35. The highest BCUT2D eigenvalue weighted by Gasteiger charge is 2.24. The van der Waals surface area contributed by atoms with Crippen LogP contribution in [-0.2, 0) is 11.2 Å². The molecule has 3 rings (SSSR count). The molecule has 1 fully saturated rings. The molecular formula is C21H25N3O3. The van der Waals surface area contributed by atoms with Gasteiger partial charge in [-0.3, -0.25) is 9.59 Å². The Labute approximate surface area is 159 Å². The second kappa shape index (κ2) is 8.58. The zero-order chi connectivity index (χ0) is 19.2. The van der Waals surface area contributed by atoms with E-state index in [1.807, 2.05) is 35.2 Å². The first kappa shape index (κ1) is 18.8. The van der Waals surface area contributed by atoms with Gasteiger partial charge in [-0.15, -0.1) is 0 Å². The summed E-state index contributed by atoms with van der Waals surface area (Å²) >= 11 is 0. The SMILES string of the molecule is COc1cccc(C(=O)N2CCN(C(=O)CCc3ccccc3N)CC2)c1. The van der Waals surface area contributed by atoms with Crippen LogP contribution in [0, 0.1) is 0 Å². The van der Waals surface area contributed by atoms with Crippen molar-refractivity contribution in [1.29, 1.82) is 0 Å². The van der Waals surface area contributed by atoms with E-state index in [-0.39, 0.29) is 11.8 Å². The first-order chi connectivity index (χ1) is 13.1. The van der Waals surface area contributed by atoms with Gasteiger partial charge in [-0.1, -0.05) is 24.3 Å². The van der Waals surface area contributed by atoms with Crippen LogP contribution in [0.1, 0.15) is 22.3 Å². The minimum atomic E-state index is -0.0296. The maximum atomic E-state index is 12.6. The number of aryl methyl sites for hydroxylation is 1. The average Bonchev–Trinajstić information content (AvgIpc) is 2.72. The van der Waals surface area contributed by atoms with Gasteiger partial charge in [-0.05, 0) is 36.2 Å². The smallest absolute Gasteiger partial charge is 0.254 e. The minimum Gasteiger partial charge on any atom is -0.497 e. The molecule has 1 saturated heterocycles. The van der Waals surface area contributed by atoms with Crippen molar-refractivity contribution in [3.05, 3.63) is 59.7 Å². The average molecular weight is 367 g/mol. The maximum Gasteiger partial charge on any atom is 0.254 e. The number of nitrogen functional groups attached to an aromatic ring is 1. The number of amides is 2. The third kappa shape index (κ3) is 4.58. The van der Waals surface area contributed by atoms with Gasteiger partial charge in [0.25, 0.3) is 5.91 Å². The van der Waals surface area contributed by atoms with Gasteiger partial charge in [0.2, 0.25) is 5.91 Å². The lowest BCUT2D eigenvalue weighted by Crippen LogP contribution is -2.50. The van der Waals surface area contributed by atoms with Crippen LogP contribution < -0.4 is 10.5 Å². The number of methoxy groups -OCH3 is 1. The standard InChI is InChI=1S/C21H25N3O3/c1-27-18-7-4-6-17(15-18)21(26)24-13-11-23(12-14-24)20(25)10-9-16-5-2-3-8-19(16)22/h2-8,15H,9-14,22H2,1H3. The summed E-state index contributed by atoms with van der Waals surface area (Å²) in [5.41, 5.74) is 8.26. The Morgan fingerprint density at radius 3 is 2.41 bits per heavy atom. The molecule has 6 heteroatoms. The van der Waals surface area contributed by atoms with E-state index in [1.165, 1.54) is 0 Å². The number of piperazine rings is 1. The molecule has 1 aliphatic heterocycles. The number of benzene rings is 2. The normalized spacial score (nSPS) is 14.1. The zero-order valence-electron chi connectivity index (χ0n) is 15.6. The number of ether oxygens (including phenoxy) is 1. The van der Waals surface area contributed by atoms with E-state index in [9.17, 15) is 9.59 Å². The van der Waals surface area contributed by atoms with E-state index in [4.69, 9.17) is 10.5 Å².